The van der Waals surface area contributed by atoms with Crippen LogP contribution in [0.1, 0.15) is 19.3 Å². The van der Waals surface area contributed by atoms with Gasteiger partial charge in [0, 0.05) is 18.3 Å². The zero-order valence-electron chi connectivity index (χ0n) is 7.41. The van der Waals surface area contributed by atoms with Crippen LogP contribution in [0.15, 0.2) is 0 Å². The van der Waals surface area contributed by atoms with E-state index in [0.717, 1.165) is 19.0 Å². The molecule has 2 heterocycles. The van der Waals surface area contributed by atoms with Gasteiger partial charge in [-0.3, -0.25) is 4.90 Å². The molecule has 0 amide bonds. The van der Waals surface area contributed by atoms with Crippen LogP contribution in [0.2, 0.25) is 0 Å². The van der Waals surface area contributed by atoms with Gasteiger partial charge in [0.15, 0.2) is 0 Å². The van der Waals surface area contributed by atoms with Crippen LogP contribution in [-0.2, 0) is 0 Å². The zero-order valence-corrected chi connectivity index (χ0v) is 8.22. The molecule has 0 aromatic rings. The molecule has 2 atom stereocenters. The number of rotatable bonds is 1. The summed E-state index contributed by atoms with van der Waals surface area (Å²) < 4.78 is 0. The molecule has 2 unspecified atom stereocenters. The van der Waals surface area contributed by atoms with Crippen molar-refractivity contribution in [3.8, 4) is 0 Å². The lowest BCUT2D eigenvalue weighted by molar-refractivity contribution is 0.0523. The van der Waals surface area contributed by atoms with E-state index < -0.39 is 0 Å². The minimum atomic E-state index is -0.0515. The summed E-state index contributed by atoms with van der Waals surface area (Å²) in [6.07, 6.45) is 3.47. The highest BCUT2D eigenvalue weighted by atomic mass is 32.2. The van der Waals surface area contributed by atoms with Gasteiger partial charge in [0.25, 0.3) is 0 Å². The molecule has 2 fully saturated rings. The number of hydrogen-bond donors (Lipinski definition) is 1. The van der Waals surface area contributed by atoms with Gasteiger partial charge in [-0.15, -0.1) is 0 Å². The molecular weight excluding hydrogens is 170 g/mol. The van der Waals surface area contributed by atoms with E-state index in [0.29, 0.717) is 0 Å². The van der Waals surface area contributed by atoms with E-state index in [4.69, 9.17) is 0 Å². The number of thioether (sulfide) groups is 1. The van der Waals surface area contributed by atoms with Crippen LogP contribution < -0.4 is 0 Å². The van der Waals surface area contributed by atoms with Crippen LogP contribution in [0, 0.1) is 0 Å². The molecule has 2 aliphatic heterocycles. The molecule has 2 saturated heterocycles. The Morgan fingerprint density at radius 3 is 2.92 bits per heavy atom. The van der Waals surface area contributed by atoms with Crippen LogP contribution >= 0.6 is 11.8 Å². The summed E-state index contributed by atoms with van der Waals surface area (Å²) in [5, 5.41) is 9.49. The summed E-state index contributed by atoms with van der Waals surface area (Å²) in [5.41, 5.74) is 0. The maximum absolute atomic E-state index is 9.49. The summed E-state index contributed by atoms with van der Waals surface area (Å²) in [4.78, 5) is 2.48. The van der Waals surface area contributed by atoms with E-state index in [9.17, 15) is 5.11 Å². The second kappa shape index (κ2) is 3.99. The summed E-state index contributed by atoms with van der Waals surface area (Å²) >= 11 is 2.05. The molecule has 0 spiro atoms. The van der Waals surface area contributed by atoms with E-state index in [1.165, 1.54) is 30.9 Å². The van der Waals surface area contributed by atoms with Crippen LogP contribution in [-0.4, -0.2) is 46.7 Å². The third-order valence-electron chi connectivity index (χ3n) is 2.85. The summed E-state index contributed by atoms with van der Waals surface area (Å²) in [6, 6.07) is 0.768. The fourth-order valence-corrected chi connectivity index (χ4v) is 3.38. The summed E-state index contributed by atoms with van der Waals surface area (Å²) in [7, 11) is 0. The number of hydrogen-bond acceptors (Lipinski definition) is 3. The van der Waals surface area contributed by atoms with E-state index in [1.807, 2.05) is 0 Å². The predicted octanol–water partition coefficient (Wildman–Crippen LogP) is 0.949. The molecule has 1 N–H and O–H groups in total. The van der Waals surface area contributed by atoms with Crippen LogP contribution in [0.5, 0.6) is 0 Å². The fraction of sp³-hybridized carbons (Fsp3) is 1.00. The van der Waals surface area contributed by atoms with E-state index in [1.54, 1.807) is 0 Å². The van der Waals surface area contributed by atoms with Gasteiger partial charge in [0.05, 0.1) is 6.10 Å². The lowest BCUT2D eigenvalue weighted by Gasteiger charge is -2.34. The Labute approximate surface area is 78.3 Å². The minimum absolute atomic E-state index is 0.0515. The Morgan fingerprint density at radius 2 is 2.25 bits per heavy atom. The molecule has 0 aliphatic carbocycles. The van der Waals surface area contributed by atoms with Crippen molar-refractivity contribution in [1.29, 1.82) is 0 Å². The lowest BCUT2D eigenvalue weighted by Crippen LogP contribution is -2.44. The Morgan fingerprint density at radius 1 is 1.33 bits per heavy atom. The molecule has 2 nitrogen and oxygen atoms in total. The highest BCUT2D eigenvalue weighted by Gasteiger charge is 2.26. The average molecular weight is 187 g/mol. The van der Waals surface area contributed by atoms with Gasteiger partial charge in [-0.25, -0.2) is 0 Å². The SMILES string of the molecule is OC1CCCN(C2CCSC2)C1. The first-order valence-electron chi connectivity index (χ1n) is 4.86. The Bertz CT molecular complexity index is 147. The Balaban J connectivity index is 1.85. The topological polar surface area (TPSA) is 23.5 Å². The molecule has 0 radical (unpaired) electrons. The van der Waals surface area contributed by atoms with E-state index >= 15 is 0 Å². The summed E-state index contributed by atoms with van der Waals surface area (Å²) in [5.74, 6) is 2.60. The van der Waals surface area contributed by atoms with Gasteiger partial charge < -0.3 is 5.11 Å². The monoisotopic (exact) mass is 187 g/mol. The average Bonchev–Trinajstić information content (AvgIpc) is 2.56. The molecule has 0 aromatic carbocycles. The maximum Gasteiger partial charge on any atom is 0.0667 e. The number of aliphatic hydroxyl groups is 1. The number of piperidine rings is 1. The Kier molecular flexibility index (Phi) is 2.94. The number of likely N-dealkylation sites (tertiary alicyclic amines) is 1. The second-order valence-corrected chi connectivity index (χ2v) is 4.96. The minimum Gasteiger partial charge on any atom is -0.392 e. The van der Waals surface area contributed by atoms with Crippen molar-refractivity contribution in [2.75, 3.05) is 24.6 Å². The number of aliphatic hydroxyl groups excluding tert-OH is 1. The molecule has 12 heavy (non-hydrogen) atoms. The van der Waals surface area contributed by atoms with Crippen molar-refractivity contribution in [3.05, 3.63) is 0 Å². The van der Waals surface area contributed by atoms with Crippen LogP contribution in [0.25, 0.3) is 0 Å². The second-order valence-electron chi connectivity index (χ2n) is 3.81. The Hall–Kier alpha value is 0.270. The van der Waals surface area contributed by atoms with Crippen LogP contribution in [0.3, 0.4) is 0 Å². The smallest absolute Gasteiger partial charge is 0.0667 e. The van der Waals surface area contributed by atoms with Gasteiger partial charge >= 0.3 is 0 Å². The van der Waals surface area contributed by atoms with Crippen molar-refractivity contribution in [1.82, 2.24) is 4.90 Å². The van der Waals surface area contributed by atoms with Crippen molar-refractivity contribution in [2.45, 2.75) is 31.4 Å². The van der Waals surface area contributed by atoms with Crippen LogP contribution in [0.4, 0.5) is 0 Å². The van der Waals surface area contributed by atoms with E-state index in [-0.39, 0.29) is 6.10 Å². The molecule has 3 heteroatoms. The molecule has 2 aliphatic rings. The molecule has 2 rings (SSSR count). The van der Waals surface area contributed by atoms with Crippen molar-refractivity contribution >= 4 is 11.8 Å². The molecule has 0 bridgehead atoms. The molecule has 70 valence electrons. The highest BCUT2D eigenvalue weighted by Crippen LogP contribution is 2.24. The van der Waals surface area contributed by atoms with Crippen molar-refractivity contribution < 1.29 is 5.11 Å². The fourth-order valence-electron chi connectivity index (χ4n) is 2.12. The quantitative estimate of drug-likeness (QED) is 0.661. The van der Waals surface area contributed by atoms with Crippen molar-refractivity contribution in [3.63, 3.8) is 0 Å². The van der Waals surface area contributed by atoms with Gasteiger partial charge in [-0.2, -0.15) is 11.8 Å². The van der Waals surface area contributed by atoms with Gasteiger partial charge in [-0.1, -0.05) is 0 Å². The van der Waals surface area contributed by atoms with Gasteiger partial charge in [0.1, 0.15) is 0 Å². The maximum atomic E-state index is 9.49. The zero-order chi connectivity index (χ0) is 8.39. The highest BCUT2D eigenvalue weighted by molar-refractivity contribution is 7.99. The third kappa shape index (κ3) is 1.95. The first kappa shape index (κ1) is 8.85. The van der Waals surface area contributed by atoms with Gasteiger partial charge in [-0.05, 0) is 31.6 Å². The number of β-amino-alcohol motifs (C(OH)–C–C–N with tert-alkyl or cyclic N) is 1. The molecule has 0 saturated carbocycles. The van der Waals surface area contributed by atoms with Gasteiger partial charge in [0.2, 0.25) is 0 Å². The summed E-state index contributed by atoms with van der Waals surface area (Å²) in [6.45, 7) is 2.13. The molecular formula is C9H17NOS. The normalized spacial score (nSPS) is 38.8. The predicted molar refractivity (Wildman–Crippen MR) is 52.5 cm³/mol. The lowest BCUT2D eigenvalue weighted by atomic mass is 10.1. The first-order valence-corrected chi connectivity index (χ1v) is 6.01. The first-order chi connectivity index (χ1) is 5.86. The number of nitrogens with zero attached hydrogens (tertiary/aromatic N) is 1. The standard InChI is InChI=1S/C9H17NOS/c11-9-2-1-4-10(6-9)8-3-5-12-7-8/h8-9,11H,1-7H2. The van der Waals surface area contributed by atoms with E-state index in [2.05, 4.69) is 16.7 Å². The van der Waals surface area contributed by atoms with Crippen molar-refractivity contribution in [2.24, 2.45) is 0 Å². The molecule has 0 aromatic heterocycles. The largest absolute Gasteiger partial charge is 0.392 e. The third-order valence-corrected chi connectivity index (χ3v) is 3.99.